The molecule has 0 aliphatic carbocycles. The molecular formula is C18H25IN4O3. The number of hydrogen-bond donors (Lipinski definition) is 3. The first-order chi connectivity index (χ1) is 12.2. The quantitative estimate of drug-likeness (QED) is 0.238. The van der Waals surface area contributed by atoms with Crippen LogP contribution in [-0.2, 0) is 6.54 Å². The molecule has 1 amide bonds. The number of methoxy groups -OCH3 is 1. The Morgan fingerprint density at radius 1 is 1.12 bits per heavy atom. The maximum Gasteiger partial charge on any atom is 0.287 e. The molecule has 0 radical (unpaired) electrons. The van der Waals surface area contributed by atoms with Crippen LogP contribution < -0.4 is 20.7 Å². The molecule has 26 heavy (non-hydrogen) atoms. The van der Waals surface area contributed by atoms with Crippen molar-refractivity contribution in [1.82, 2.24) is 16.0 Å². The monoisotopic (exact) mass is 472 g/mol. The van der Waals surface area contributed by atoms with Gasteiger partial charge in [0.05, 0.1) is 19.9 Å². The van der Waals surface area contributed by atoms with Crippen LogP contribution >= 0.6 is 24.0 Å². The average Bonchev–Trinajstić information content (AvgIpc) is 3.18. The SMILES string of the molecule is CCNC(=NCc1ccccc1OC)NCCNC(=O)c1ccco1.I. The molecule has 0 aliphatic heterocycles. The molecule has 8 heteroatoms. The normalized spacial score (nSPS) is 10.6. The summed E-state index contributed by atoms with van der Waals surface area (Å²) < 4.78 is 10.4. The number of rotatable bonds is 8. The lowest BCUT2D eigenvalue weighted by Crippen LogP contribution is -2.41. The second-order valence-electron chi connectivity index (χ2n) is 5.17. The molecular weight excluding hydrogens is 447 g/mol. The van der Waals surface area contributed by atoms with E-state index in [1.165, 1.54) is 6.26 Å². The zero-order chi connectivity index (χ0) is 17.9. The number of carbonyl (C=O) groups is 1. The summed E-state index contributed by atoms with van der Waals surface area (Å²) in [5.74, 6) is 1.56. The van der Waals surface area contributed by atoms with Crippen molar-refractivity contribution in [3.05, 3.63) is 54.0 Å². The third-order valence-corrected chi connectivity index (χ3v) is 3.39. The van der Waals surface area contributed by atoms with Gasteiger partial charge in [0.1, 0.15) is 5.75 Å². The number of furan rings is 1. The molecule has 2 rings (SSSR count). The Labute approximate surface area is 170 Å². The number of aliphatic imine (C=N–C) groups is 1. The summed E-state index contributed by atoms with van der Waals surface area (Å²) in [4.78, 5) is 16.3. The molecule has 1 aromatic carbocycles. The van der Waals surface area contributed by atoms with Crippen molar-refractivity contribution in [2.75, 3.05) is 26.7 Å². The number of halogens is 1. The molecule has 2 aromatic rings. The lowest BCUT2D eigenvalue weighted by molar-refractivity contribution is 0.0926. The molecule has 0 spiro atoms. The van der Waals surface area contributed by atoms with Crippen LogP contribution in [0.1, 0.15) is 23.0 Å². The van der Waals surface area contributed by atoms with E-state index in [1.54, 1.807) is 19.2 Å². The van der Waals surface area contributed by atoms with E-state index in [9.17, 15) is 4.79 Å². The largest absolute Gasteiger partial charge is 0.496 e. The first-order valence-corrected chi connectivity index (χ1v) is 8.20. The van der Waals surface area contributed by atoms with Gasteiger partial charge in [-0.1, -0.05) is 18.2 Å². The molecule has 0 saturated heterocycles. The van der Waals surface area contributed by atoms with Gasteiger partial charge in [-0.25, -0.2) is 4.99 Å². The molecule has 0 fully saturated rings. The van der Waals surface area contributed by atoms with Gasteiger partial charge in [-0.2, -0.15) is 0 Å². The Balaban J connectivity index is 0.00000338. The summed E-state index contributed by atoms with van der Waals surface area (Å²) in [7, 11) is 1.65. The minimum Gasteiger partial charge on any atom is -0.496 e. The van der Waals surface area contributed by atoms with Crippen molar-refractivity contribution in [1.29, 1.82) is 0 Å². The first-order valence-electron chi connectivity index (χ1n) is 8.20. The molecule has 0 saturated carbocycles. The molecule has 1 heterocycles. The van der Waals surface area contributed by atoms with E-state index in [1.807, 2.05) is 31.2 Å². The van der Waals surface area contributed by atoms with Crippen molar-refractivity contribution in [3.8, 4) is 5.75 Å². The second kappa shape index (κ2) is 12.2. The molecule has 7 nitrogen and oxygen atoms in total. The minimum absolute atomic E-state index is 0. The fourth-order valence-corrected chi connectivity index (χ4v) is 2.19. The number of benzene rings is 1. The van der Waals surface area contributed by atoms with E-state index in [0.29, 0.717) is 31.4 Å². The predicted molar refractivity (Wildman–Crippen MR) is 112 cm³/mol. The summed E-state index contributed by atoms with van der Waals surface area (Å²) in [5, 5.41) is 9.13. The summed E-state index contributed by atoms with van der Waals surface area (Å²) >= 11 is 0. The van der Waals surface area contributed by atoms with E-state index >= 15 is 0 Å². The number of hydrogen-bond acceptors (Lipinski definition) is 4. The first kappa shape index (κ1) is 21.8. The topological polar surface area (TPSA) is 87.9 Å². The molecule has 0 atom stereocenters. The van der Waals surface area contributed by atoms with Crippen LogP contribution in [0.4, 0.5) is 0 Å². The van der Waals surface area contributed by atoms with Crippen LogP contribution in [-0.4, -0.2) is 38.6 Å². The van der Waals surface area contributed by atoms with Crippen LogP contribution in [0.15, 0.2) is 52.1 Å². The number of carbonyl (C=O) groups excluding carboxylic acids is 1. The molecule has 0 unspecified atom stereocenters. The fourth-order valence-electron chi connectivity index (χ4n) is 2.19. The van der Waals surface area contributed by atoms with E-state index in [4.69, 9.17) is 9.15 Å². The van der Waals surface area contributed by atoms with Crippen molar-refractivity contribution in [3.63, 3.8) is 0 Å². The number of ether oxygens (including phenoxy) is 1. The van der Waals surface area contributed by atoms with Gasteiger partial charge in [0.2, 0.25) is 0 Å². The number of amides is 1. The number of para-hydroxylation sites is 1. The van der Waals surface area contributed by atoms with E-state index < -0.39 is 0 Å². The van der Waals surface area contributed by atoms with Gasteiger partial charge in [-0.15, -0.1) is 24.0 Å². The van der Waals surface area contributed by atoms with Gasteiger partial charge >= 0.3 is 0 Å². The molecule has 0 aliphatic rings. The van der Waals surface area contributed by atoms with Crippen molar-refractivity contribution in [2.45, 2.75) is 13.5 Å². The Morgan fingerprint density at radius 2 is 1.88 bits per heavy atom. The van der Waals surface area contributed by atoms with Crippen LogP contribution in [0, 0.1) is 0 Å². The van der Waals surface area contributed by atoms with Gasteiger partial charge in [-0.05, 0) is 25.1 Å². The summed E-state index contributed by atoms with van der Waals surface area (Å²) in [6.45, 7) is 4.25. The number of guanidine groups is 1. The molecule has 0 bridgehead atoms. The van der Waals surface area contributed by atoms with Crippen LogP contribution in [0.3, 0.4) is 0 Å². The van der Waals surface area contributed by atoms with E-state index in [0.717, 1.165) is 17.9 Å². The van der Waals surface area contributed by atoms with Crippen molar-refractivity contribution in [2.24, 2.45) is 4.99 Å². The van der Waals surface area contributed by atoms with E-state index in [-0.39, 0.29) is 29.9 Å². The Bertz CT molecular complexity index is 690. The van der Waals surface area contributed by atoms with Crippen molar-refractivity contribution >= 4 is 35.8 Å². The highest BCUT2D eigenvalue weighted by Crippen LogP contribution is 2.17. The summed E-state index contributed by atoms with van der Waals surface area (Å²) in [6.07, 6.45) is 1.47. The highest BCUT2D eigenvalue weighted by molar-refractivity contribution is 14.0. The summed E-state index contributed by atoms with van der Waals surface area (Å²) in [6, 6.07) is 11.1. The number of nitrogens with zero attached hydrogens (tertiary/aromatic N) is 1. The van der Waals surface area contributed by atoms with Crippen LogP contribution in [0.5, 0.6) is 5.75 Å². The standard InChI is InChI=1S/C18H24N4O3.HI/c1-3-19-18(22-13-14-7-4-5-8-15(14)24-2)21-11-10-20-17(23)16-9-6-12-25-16;/h4-9,12H,3,10-11,13H2,1-2H3,(H,20,23)(H2,19,21,22);1H. The fraction of sp³-hybridized carbons (Fsp3) is 0.333. The maximum atomic E-state index is 11.8. The lowest BCUT2D eigenvalue weighted by Gasteiger charge is -2.12. The third kappa shape index (κ3) is 6.95. The Kier molecular flexibility index (Phi) is 10.2. The van der Waals surface area contributed by atoms with Crippen LogP contribution in [0.25, 0.3) is 0 Å². The Hall–Kier alpha value is -2.23. The van der Waals surface area contributed by atoms with E-state index in [2.05, 4.69) is 20.9 Å². The number of nitrogens with one attached hydrogen (secondary N) is 3. The van der Waals surface area contributed by atoms with Gasteiger partial charge in [0.15, 0.2) is 11.7 Å². The van der Waals surface area contributed by atoms with Crippen molar-refractivity contribution < 1.29 is 13.9 Å². The molecule has 142 valence electrons. The lowest BCUT2D eigenvalue weighted by atomic mass is 10.2. The highest BCUT2D eigenvalue weighted by atomic mass is 127. The highest BCUT2D eigenvalue weighted by Gasteiger charge is 2.07. The average molecular weight is 472 g/mol. The smallest absolute Gasteiger partial charge is 0.287 e. The van der Waals surface area contributed by atoms with Crippen LogP contribution in [0.2, 0.25) is 0 Å². The summed E-state index contributed by atoms with van der Waals surface area (Å²) in [5.41, 5.74) is 1.01. The predicted octanol–water partition coefficient (Wildman–Crippen LogP) is 2.39. The van der Waals surface area contributed by atoms with Gasteiger partial charge < -0.3 is 25.1 Å². The second-order valence-corrected chi connectivity index (χ2v) is 5.17. The maximum absolute atomic E-state index is 11.8. The van der Waals surface area contributed by atoms with Gasteiger partial charge in [0, 0.05) is 25.2 Å². The molecule has 3 N–H and O–H groups in total. The molecule has 1 aromatic heterocycles. The minimum atomic E-state index is -0.234. The third-order valence-electron chi connectivity index (χ3n) is 3.39. The zero-order valence-electron chi connectivity index (χ0n) is 15.0. The zero-order valence-corrected chi connectivity index (χ0v) is 17.3. The van der Waals surface area contributed by atoms with Gasteiger partial charge in [-0.3, -0.25) is 4.79 Å². The Morgan fingerprint density at radius 3 is 2.58 bits per heavy atom. The van der Waals surface area contributed by atoms with Gasteiger partial charge in [0.25, 0.3) is 5.91 Å².